The van der Waals surface area contributed by atoms with Gasteiger partial charge in [-0.25, -0.2) is 4.68 Å². The van der Waals surface area contributed by atoms with E-state index in [1.54, 1.807) is 17.1 Å². The molecule has 14 heavy (non-hydrogen) atoms. The van der Waals surface area contributed by atoms with Crippen molar-refractivity contribution in [2.45, 2.75) is 6.92 Å². The third-order valence-electron chi connectivity index (χ3n) is 1.95. The summed E-state index contributed by atoms with van der Waals surface area (Å²) in [5.74, 6) is 0. The van der Waals surface area contributed by atoms with Crippen LogP contribution in [0.1, 0.15) is 12.5 Å². The molecular weight excluding hydrogens is 174 g/mol. The second kappa shape index (κ2) is 3.87. The summed E-state index contributed by atoms with van der Waals surface area (Å²) in [4.78, 5) is 3.96. The first-order chi connectivity index (χ1) is 6.86. The van der Waals surface area contributed by atoms with Gasteiger partial charge in [-0.3, -0.25) is 4.98 Å². The quantitative estimate of drug-likeness (QED) is 0.659. The second-order valence-corrected chi connectivity index (χ2v) is 2.98. The third kappa shape index (κ3) is 1.88. The van der Waals surface area contributed by atoms with Crippen LogP contribution >= 0.6 is 0 Å². The number of aromatic nitrogens is 2. The highest BCUT2D eigenvalue weighted by Crippen LogP contribution is 2.00. The Morgan fingerprint density at radius 3 is 2.50 bits per heavy atom. The van der Waals surface area contributed by atoms with Crippen LogP contribution in [0.5, 0.6) is 0 Å². The van der Waals surface area contributed by atoms with Crippen LogP contribution in [0.25, 0.3) is 0 Å². The summed E-state index contributed by atoms with van der Waals surface area (Å²) < 4.78 is 1.79. The summed E-state index contributed by atoms with van der Waals surface area (Å²) in [7, 11) is 0. The number of nitrogens with zero attached hydrogens (tertiary/aromatic N) is 3. The molecular formula is C11H11N3. The highest BCUT2D eigenvalue weighted by molar-refractivity contribution is 5.98. The molecule has 0 aromatic carbocycles. The van der Waals surface area contributed by atoms with Crippen molar-refractivity contribution in [2.24, 2.45) is 5.10 Å². The Labute approximate surface area is 82.7 Å². The Balaban J connectivity index is 2.29. The fourth-order valence-electron chi connectivity index (χ4n) is 1.22. The van der Waals surface area contributed by atoms with E-state index in [2.05, 4.69) is 10.1 Å². The number of rotatable bonds is 2. The van der Waals surface area contributed by atoms with Crippen LogP contribution in [0.3, 0.4) is 0 Å². The van der Waals surface area contributed by atoms with E-state index in [1.165, 1.54) is 0 Å². The predicted molar refractivity (Wildman–Crippen MR) is 56.3 cm³/mol. The van der Waals surface area contributed by atoms with Crippen LogP contribution in [0.4, 0.5) is 0 Å². The molecule has 0 radical (unpaired) electrons. The zero-order valence-corrected chi connectivity index (χ0v) is 7.96. The maximum Gasteiger partial charge on any atom is 0.0655 e. The van der Waals surface area contributed by atoms with Gasteiger partial charge in [-0.05, 0) is 31.2 Å². The molecule has 3 nitrogen and oxygen atoms in total. The van der Waals surface area contributed by atoms with Crippen molar-refractivity contribution in [2.75, 3.05) is 0 Å². The van der Waals surface area contributed by atoms with E-state index in [0.29, 0.717) is 0 Å². The number of pyridine rings is 1. The third-order valence-corrected chi connectivity index (χ3v) is 1.95. The van der Waals surface area contributed by atoms with E-state index in [1.807, 2.05) is 43.6 Å². The standard InChI is InChI=1S/C11H11N3/c1-10(11-4-6-12-7-5-11)13-14-8-2-3-9-14/h2-9H,1H3/b13-10+. The summed E-state index contributed by atoms with van der Waals surface area (Å²) >= 11 is 0. The Bertz CT molecular complexity index is 415. The monoisotopic (exact) mass is 185 g/mol. The van der Waals surface area contributed by atoms with Crippen LogP contribution in [-0.4, -0.2) is 15.4 Å². The van der Waals surface area contributed by atoms with E-state index in [0.717, 1.165) is 11.3 Å². The van der Waals surface area contributed by atoms with E-state index >= 15 is 0 Å². The predicted octanol–water partition coefficient (Wildman–Crippen LogP) is 2.16. The van der Waals surface area contributed by atoms with E-state index in [9.17, 15) is 0 Å². The van der Waals surface area contributed by atoms with Gasteiger partial charge in [0, 0.05) is 30.4 Å². The lowest BCUT2D eigenvalue weighted by Gasteiger charge is -1.99. The SMILES string of the molecule is C/C(=N\n1cccc1)c1ccncc1. The summed E-state index contributed by atoms with van der Waals surface area (Å²) in [5, 5.41) is 4.39. The Morgan fingerprint density at radius 1 is 1.21 bits per heavy atom. The molecule has 0 N–H and O–H groups in total. The van der Waals surface area contributed by atoms with Crippen LogP contribution in [0, 0.1) is 0 Å². The lowest BCUT2D eigenvalue weighted by Crippen LogP contribution is -1.97. The minimum Gasteiger partial charge on any atom is -0.265 e. The van der Waals surface area contributed by atoms with E-state index < -0.39 is 0 Å². The van der Waals surface area contributed by atoms with Gasteiger partial charge in [0.25, 0.3) is 0 Å². The first-order valence-corrected chi connectivity index (χ1v) is 4.45. The van der Waals surface area contributed by atoms with Crippen LogP contribution in [-0.2, 0) is 0 Å². The molecule has 0 aliphatic carbocycles. The Hall–Kier alpha value is -1.90. The molecule has 0 unspecified atom stereocenters. The van der Waals surface area contributed by atoms with Gasteiger partial charge < -0.3 is 0 Å². The number of hydrogen-bond donors (Lipinski definition) is 0. The molecule has 2 aromatic heterocycles. The molecule has 0 saturated heterocycles. The van der Waals surface area contributed by atoms with Crippen LogP contribution in [0.15, 0.2) is 54.2 Å². The maximum atomic E-state index is 4.39. The van der Waals surface area contributed by atoms with Crippen molar-refractivity contribution >= 4 is 5.71 Å². The topological polar surface area (TPSA) is 30.2 Å². The van der Waals surface area contributed by atoms with Crippen molar-refractivity contribution in [1.29, 1.82) is 0 Å². The van der Waals surface area contributed by atoms with Gasteiger partial charge in [-0.1, -0.05) is 0 Å². The molecule has 0 bridgehead atoms. The first-order valence-electron chi connectivity index (χ1n) is 4.45. The zero-order chi connectivity index (χ0) is 9.80. The molecule has 0 saturated carbocycles. The fourth-order valence-corrected chi connectivity index (χ4v) is 1.22. The molecule has 2 heterocycles. The van der Waals surface area contributed by atoms with Gasteiger partial charge in [0.2, 0.25) is 0 Å². The van der Waals surface area contributed by atoms with Crippen molar-refractivity contribution in [3.63, 3.8) is 0 Å². The summed E-state index contributed by atoms with van der Waals surface area (Å²) in [5.41, 5.74) is 2.07. The summed E-state index contributed by atoms with van der Waals surface area (Å²) in [6.45, 7) is 1.98. The second-order valence-electron chi connectivity index (χ2n) is 2.98. The first kappa shape index (κ1) is 8.69. The van der Waals surface area contributed by atoms with Crippen molar-refractivity contribution < 1.29 is 0 Å². The lowest BCUT2D eigenvalue weighted by molar-refractivity contribution is 0.886. The molecule has 0 spiro atoms. The van der Waals surface area contributed by atoms with Gasteiger partial charge >= 0.3 is 0 Å². The van der Waals surface area contributed by atoms with Gasteiger partial charge in [0.15, 0.2) is 0 Å². The molecule has 0 fully saturated rings. The summed E-state index contributed by atoms with van der Waals surface area (Å²) in [6, 6.07) is 7.79. The van der Waals surface area contributed by atoms with Crippen molar-refractivity contribution in [3.05, 3.63) is 54.6 Å². The average molecular weight is 185 g/mol. The lowest BCUT2D eigenvalue weighted by atomic mass is 10.2. The molecule has 0 aliphatic heterocycles. The molecule has 70 valence electrons. The molecule has 2 aromatic rings. The molecule has 3 heteroatoms. The zero-order valence-electron chi connectivity index (χ0n) is 7.96. The Morgan fingerprint density at radius 2 is 1.86 bits per heavy atom. The van der Waals surface area contributed by atoms with Gasteiger partial charge in [0.1, 0.15) is 0 Å². The highest BCUT2D eigenvalue weighted by Gasteiger charge is 1.95. The summed E-state index contributed by atoms with van der Waals surface area (Å²) in [6.07, 6.45) is 7.35. The van der Waals surface area contributed by atoms with Crippen molar-refractivity contribution in [1.82, 2.24) is 9.66 Å². The van der Waals surface area contributed by atoms with Crippen LogP contribution < -0.4 is 0 Å². The van der Waals surface area contributed by atoms with Gasteiger partial charge in [-0.2, -0.15) is 5.10 Å². The highest BCUT2D eigenvalue weighted by atomic mass is 15.3. The fraction of sp³-hybridized carbons (Fsp3) is 0.0909. The molecule has 0 amide bonds. The smallest absolute Gasteiger partial charge is 0.0655 e. The average Bonchev–Trinajstić information content (AvgIpc) is 2.72. The van der Waals surface area contributed by atoms with Crippen LogP contribution in [0.2, 0.25) is 0 Å². The maximum absolute atomic E-state index is 4.39. The van der Waals surface area contributed by atoms with Gasteiger partial charge in [0.05, 0.1) is 5.71 Å². The van der Waals surface area contributed by atoms with E-state index in [4.69, 9.17) is 0 Å². The minimum atomic E-state index is 0.976. The van der Waals surface area contributed by atoms with E-state index in [-0.39, 0.29) is 0 Å². The molecule has 0 aliphatic rings. The molecule has 2 rings (SSSR count). The largest absolute Gasteiger partial charge is 0.265 e. The molecule has 0 atom stereocenters. The van der Waals surface area contributed by atoms with Crippen molar-refractivity contribution in [3.8, 4) is 0 Å². The number of hydrogen-bond acceptors (Lipinski definition) is 2. The Kier molecular flexibility index (Phi) is 2.40. The normalized spacial score (nSPS) is 11.6. The van der Waals surface area contributed by atoms with Gasteiger partial charge in [-0.15, -0.1) is 0 Å². The minimum absolute atomic E-state index is 0.976.